The Morgan fingerprint density at radius 2 is 1.74 bits per heavy atom. The van der Waals surface area contributed by atoms with E-state index in [9.17, 15) is 14.7 Å². The van der Waals surface area contributed by atoms with Crippen molar-refractivity contribution in [3.05, 3.63) is 101 Å². The number of nitrogens with zero attached hydrogens (tertiary/aromatic N) is 3. The molecule has 1 saturated heterocycles. The Kier molecular flexibility index (Phi) is 9.79. The van der Waals surface area contributed by atoms with Crippen molar-refractivity contribution in [3.8, 4) is 11.5 Å². The van der Waals surface area contributed by atoms with Crippen LogP contribution in [0.2, 0.25) is 0 Å². The van der Waals surface area contributed by atoms with E-state index in [1.807, 2.05) is 56.3 Å². The van der Waals surface area contributed by atoms with E-state index in [0.717, 1.165) is 24.0 Å². The number of hydrogen-bond donors (Lipinski definition) is 1. The number of rotatable bonds is 12. The molecule has 4 aromatic rings. The van der Waals surface area contributed by atoms with Gasteiger partial charge in [-0.15, -0.1) is 10.2 Å². The van der Waals surface area contributed by atoms with Crippen LogP contribution < -0.4 is 14.4 Å². The van der Waals surface area contributed by atoms with E-state index in [0.29, 0.717) is 45.9 Å². The summed E-state index contributed by atoms with van der Waals surface area (Å²) in [4.78, 5) is 28.6. The highest BCUT2D eigenvalue weighted by Gasteiger charge is 2.48. The molecule has 1 aliphatic heterocycles. The zero-order valence-corrected chi connectivity index (χ0v) is 25.9. The van der Waals surface area contributed by atoms with Crippen molar-refractivity contribution in [1.82, 2.24) is 10.2 Å². The van der Waals surface area contributed by atoms with Gasteiger partial charge in [0.2, 0.25) is 5.13 Å². The number of carbonyl (C=O) groups excluding carboxylic acids is 2. The maximum absolute atomic E-state index is 13.6. The lowest BCUT2D eigenvalue weighted by Crippen LogP contribution is -2.29. The maximum Gasteiger partial charge on any atom is 0.301 e. The Labute approximate surface area is 259 Å². The molecule has 10 heteroatoms. The third-order valence-corrected chi connectivity index (χ3v) is 9.04. The molecule has 0 spiro atoms. The number of thioether (sulfide) groups is 1. The van der Waals surface area contributed by atoms with Gasteiger partial charge in [-0.2, -0.15) is 0 Å². The molecule has 222 valence electrons. The van der Waals surface area contributed by atoms with E-state index < -0.39 is 17.7 Å². The average molecular weight is 616 g/mol. The number of aliphatic hydroxyl groups excluding tert-OH is 1. The summed E-state index contributed by atoms with van der Waals surface area (Å²) in [6, 6.07) is 21.5. The molecule has 8 nitrogen and oxygen atoms in total. The smallest absolute Gasteiger partial charge is 0.301 e. The molecule has 1 fully saturated rings. The molecule has 1 atom stereocenters. The highest BCUT2D eigenvalue weighted by atomic mass is 32.2. The lowest BCUT2D eigenvalue weighted by Gasteiger charge is -2.23. The van der Waals surface area contributed by atoms with Gasteiger partial charge >= 0.3 is 5.91 Å². The fourth-order valence-corrected chi connectivity index (χ4v) is 6.52. The van der Waals surface area contributed by atoms with Crippen LogP contribution in [0.3, 0.4) is 0 Å². The largest absolute Gasteiger partial charge is 0.507 e. The minimum absolute atomic E-state index is 0.0235. The van der Waals surface area contributed by atoms with Gasteiger partial charge in [-0.3, -0.25) is 14.5 Å². The zero-order chi connectivity index (χ0) is 30.3. The van der Waals surface area contributed by atoms with Crippen LogP contribution in [0.25, 0.3) is 5.76 Å². The molecule has 1 amide bonds. The summed E-state index contributed by atoms with van der Waals surface area (Å²) in [5.74, 6) is -0.0788. The molecule has 1 unspecified atom stereocenters. The Balaban J connectivity index is 1.57. The van der Waals surface area contributed by atoms with Gasteiger partial charge in [-0.25, -0.2) is 0 Å². The molecule has 3 aromatic carbocycles. The average Bonchev–Trinajstić information content (AvgIpc) is 3.59. The number of aliphatic hydroxyl groups is 1. The van der Waals surface area contributed by atoms with Crippen molar-refractivity contribution in [2.45, 2.75) is 49.7 Å². The molecule has 5 rings (SSSR count). The van der Waals surface area contributed by atoms with Gasteiger partial charge in [0.15, 0.2) is 15.8 Å². The third kappa shape index (κ3) is 6.76. The van der Waals surface area contributed by atoms with Crippen LogP contribution in [-0.4, -0.2) is 40.2 Å². The molecular formula is C33H33N3O5S2. The van der Waals surface area contributed by atoms with Gasteiger partial charge in [0, 0.05) is 11.3 Å². The molecule has 43 heavy (non-hydrogen) atoms. The Hall–Kier alpha value is -4.15. The minimum atomic E-state index is -0.954. The monoisotopic (exact) mass is 615 g/mol. The molecule has 0 aliphatic carbocycles. The molecular weight excluding hydrogens is 583 g/mol. The van der Waals surface area contributed by atoms with Gasteiger partial charge in [-0.05, 0) is 43.5 Å². The number of unbranched alkanes of at least 4 members (excludes halogenated alkanes) is 1. The van der Waals surface area contributed by atoms with E-state index in [1.165, 1.54) is 28.0 Å². The first-order valence-electron chi connectivity index (χ1n) is 14.2. The highest BCUT2D eigenvalue weighted by Crippen LogP contribution is 2.45. The third-order valence-electron chi connectivity index (χ3n) is 6.92. The second-order valence-corrected chi connectivity index (χ2v) is 12.2. The summed E-state index contributed by atoms with van der Waals surface area (Å²) >= 11 is 2.73. The highest BCUT2D eigenvalue weighted by molar-refractivity contribution is 8.00. The molecule has 0 saturated carbocycles. The maximum atomic E-state index is 13.6. The van der Waals surface area contributed by atoms with E-state index >= 15 is 0 Å². The normalized spacial score (nSPS) is 16.1. The van der Waals surface area contributed by atoms with Gasteiger partial charge in [0.25, 0.3) is 5.78 Å². The van der Waals surface area contributed by atoms with Gasteiger partial charge in [0.05, 0.1) is 24.8 Å². The second-order valence-electron chi connectivity index (χ2n) is 10.0. The summed E-state index contributed by atoms with van der Waals surface area (Å²) in [6.45, 7) is 6.84. The molecule has 0 radical (unpaired) electrons. The number of aryl methyl sites for hydroxylation is 1. The van der Waals surface area contributed by atoms with Crippen LogP contribution in [0.5, 0.6) is 11.5 Å². The number of benzene rings is 3. The van der Waals surface area contributed by atoms with Crippen LogP contribution >= 0.6 is 23.1 Å². The van der Waals surface area contributed by atoms with Crippen LogP contribution in [0, 0.1) is 6.92 Å². The predicted molar refractivity (Wildman–Crippen MR) is 170 cm³/mol. The van der Waals surface area contributed by atoms with E-state index in [1.54, 1.807) is 30.3 Å². The topological polar surface area (TPSA) is 102 Å². The molecule has 1 aliphatic rings. The Morgan fingerprint density at radius 3 is 2.47 bits per heavy atom. The number of hydrogen-bond acceptors (Lipinski definition) is 9. The number of anilines is 1. The van der Waals surface area contributed by atoms with Crippen molar-refractivity contribution in [2.75, 3.05) is 18.1 Å². The summed E-state index contributed by atoms with van der Waals surface area (Å²) in [5.41, 5.74) is 3.13. The fraction of sp³-hybridized carbons (Fsp3) is 0.273. The van der Waals surface area contributed by atoms with Crippen LogP contribution in [0.1, 0.15) is 55.0 Å². The van der Waals surface area contributed by atoms with Gasteiger partial charge in [-0.1, -0.05) is 103 Å². The van der Waals surface area contributed by atoms with Crippen molar-refractivity contribution in [2.24, 2.45) is 0 Å². The Morgan fingerprint density at radius 1 is 0.977 bits per heavy atom. The first-order valence-corrected chi connectivity index (χ1v) is 16.0. The summed E-state index contributed by atoms with van der Waals surface area (Å²) in [5, 5.41) is 20.4. The predicted octanol–water partition coefficient (Wildman–Crippen LogP) is 7.34. The Bertz CT molecular complexity index is 1620. The number of Topliss-reactive ketones (excluding diaryl/α,β-unsaturated/α-hetero) is 1. The number of ether oxygens (including phenoxy) is 2. The first kappa shape index (κ1) is 30.3. The minimum Gasteiger partial charge on any atom is -0.507 e. The summed E-state index contributed by atoms with van der Waals surface area (Å²) in [7, 11) is 0. The number of carbonyl (C=O) groups is 2. The number of amides is 1. The SMILES string of the molecule is CCCCOc1ccc(C2/C(=C(\O)c3ccc(C)cc3)C(=O)C(=O)N2c2nnc(SCc3ccccc3)s2)cc1OCC. The van der Waals surface area contributed by atoms with Gasteiger partial charge < -0.3 is 14.6 Å². The molecule has 2 heterocycles. The van der Waals surface area contributed by atoms with Crippen molar-refractivity contribution in [1.29, 1.82) is 0 Å². The van der Waals surface area contributed by atoms with Crippen LogP contribution in [-0.2, 0) is 15.3 Å². The summed E-state index contributed by atoms with van der Waals surface area (Å²) in [6.07, 6.45) is 1.88. The van der Waals surface area contributed by atoms with Crippen LogP contribution in [0.4, 0.5) is 5.13 Å². The molecule has 1 N–H and O–H groups in total. The second kappa shape index (κ2) is 13.9. The fourth-order valence-electron chi connectivity index (χ4n) is 4.70. The summed E-state index contributed by atoms with van der Waals surface area (Å²) < 4.78 is 12.5. The molecule has 1 aromatic heterocycles. The zero-order valence-electron chi connectivity index (χ0n) is 24.3. The van der Waals surface area contributed by atoms with E-state index in [2.05, 4.69) is 17.1 Å². The quantitative estimate of drug-likeness (QED) is 0.0441. The van der Waals surface area contributed by atoms with Gasteiger partial charge in [0.1, 0.15) is 5.76 Å². The first-order chi connectivity index (χ1) is 20.9. The lowest BCUT2D eigenvalue weighted by atomic mass is 9.95. The van der Waals surface area contributed by atoms with Crippen LogP contribution in [0.15, 0.2) is 82.7 Å². The van der Waals surface area contributed by atoms with Crippen molar-refractivity contribution >= 4 is 45.7 Å². The number of aromatic nitrogens is 2. The van der Waals surface area contributed by atoms with E-state index in [-0.39, 0.29) is 16.5 Å². The van der Waals surface area contributed by atoms with Crippen molar-refractivity contribution in [3.63, 3.8) is 0 Å². The standard InChI is InChI=1S/C33H33N3O5S2/c1-4-6-18-41-25-17-16-24(19-26(25)40-5-2)28-27(29(37)23-14-12-21(3)13-15-23)30(38)31(39)36(28)32-34-35-33(43-32)42-20-22-10-8-7-9-11-22/h7-17,19,28,37H,4-6,18,20H2,1-3H3/b29-27+. The van der Waals surface area contributed by atoms with E-state index in [4.69, 9.17) is 9.47 Å². The lowest BCUT2D eigenvalue weighted by molar-refractivity contribution is -0.132. The van der Waals surface area contributed by atoms with Crippen molar-refractivity contribution < 1.29 is 24.2 Å². The molecule has 0 bridgehead atoms. The number of ketones is 1.